The first kappa shape index (κ1) is 15.6. The van der Waals surface area contributed by atoms with Crippen LogP contribution in [-0.4, -0.2) is 23.8 Å². The first-order chi connectivity index (χ1) is 7.59. The van der Waals surface area contributed by atoms with Crippen LogP contribution in [0.4, 0.5) is 0 Å². The van der Waals surface area contributed by atoms with Crippen molar-refractivity contribution in [3.63, 3.8) is 0 Å². The van der Waals surface area contributed by atoms with E-state index < -0.39 is 12.1 Å². The normalized spacial score (nSPS) is 11.2. The molecule has 4 nitrogen and oxygen atoms in total. The number of hydrogen-bond donors (Lipinski definition) is 1. The Hall–Kier alpha value is -1.39. The standard InChI is InChI=1S/C12H16NO3.ClH/c1-10(2)12(15)16-9-11(14)8-13-6-4-3-5-7-13;/h3-7,11,14H,1,8-9H2,2H3;1H/q+1;/p-1. The fourth-order valence-corrected chi connectivity index (χ4v) is 1.15. The summed E-state index contributed by atoms with van der Waals surface area (Å²) in [6.07, 6.45) is 2.96. The highest BCUT2D eigenvalue weighted by Crippen LogP contribution is 1.94. The van der Waals surface area contributed by atoms with Gasteiger partial charge in [0, 0.05) is 17.7 Å². The molecule has 5 heteroatoms. The lowest BCUT2D eigenvalue weighted by molar-refractivity contribution is -0.703. The predicted octanol–water partition coefficient (Wildman–Crippen LogP) is -2.54. The van der Waals surface area contributed by atoms with Crippen LogP contribution < -0.4 is 17.0 Å². The zero-order chi connectivity index (χ0) is 12.0. The van der Waals surface area contributed by atoms with Gasteiger partial charge in [0.1, 0.15) is 12.7 Å². The van der Waals surface area contributed by atoms with Gasteiger partial charge in [-0.25, -0.2) is 9.36 Å². The first-order valence-corrected chi connectivity index (χ1v) is 5.04. The van der Waals surface area contributed by atoms with Gasteiger partial charge < -0.3 is 22.3 Å². The molecule has 0 saturated heterocycles. The third kappa shape index (κ3) is 6.04. The number of aromatic nitrogens is 1. The summed E-state index contributed by atoms with van der Waals surface area (Å²) in [6.45, 7) is 5.40. The van der Waals surface area contributed by atoms with Gasteiger partial charge in [0.05, 0.1) is 0 Å². The van der Waals surface area contributed by atoms with Crippen LogP contribution in [0.15, 0.2) is 42.7 Å². The molecule has 0 radical (unpaired) electrons. The Balaban J connectivity index is 0.00000256. The number of esters is 1. The van der Waals surface area contributed by atoms with Gasteiger partial charge in [0.25, 0.3) is 0 Å². The molecule has 94 valence electrons. The molecule has 1 N–H and O–H groups in total. The van der Waals surface area contributed by atoms with Crippen molar-refractivity contribution < 1.29 is 31.6 Å². The predicted molar refractivity (Wildman–Crippen MR) is 58.4 cm³/mol. The van der Waals surface area contributed by atoms with Crippen LogP contribution in [0.25, 0.3) is 0 Å². The van der Waals surface area contributed by atoms with Crippen LogP contribution in [0.5, 0.6) is 0 Å². The van der Waals surface area contributed by atoms with Gasteiger partial charge in [-0.3, -0.25) is 0 Å². The highest BCUT2D eigenvalue weighted by atomic mass is 35.5. The van der Waals surface area contributed by atoms with Crippen LogP contribution in [0, 0.1) is 0 Å². The average Bonchev–Trinajstić information content (AvgIpc) is 2.27. The maximum atomic E-state index is 11.1. The Kier molecular flexibility index (Phi) is 7.18. The largest absolute Gasteiger partial charge is 1.00 e. The van der Waals surface area contributed by atoms with E-state index in [1.165, 1.54) is 0 Å². The molecule has 0 aromatic carbocycles. The molecule has 0 aliphatic rings. The minimum absolute atomic E-state index is 0. The van der Waals surface area contributed by atoms with Crippen molar-refractivity contribution >= 4 is 5.97 Å². The first-order valence-electron chi connectivity index (χ1n) is 5.04. The molecule has 0 fully saturated rings. The van der Waals surface area contributed by atoms with Crippen molar-refractivity contribution in [2.75, 3.05) is 6.61 Å². The minimum atomic E-state index is -0.712. The number of carbonyl (C=O) groups excluding carboxylic acids is 1. The Bertz CT molecular complexity index is 367. The molecule has 0 aliphatic heterocycles. The number of halogens is 1. The molecule has 1 aromatic heterocycles. The number of rotatable bonds is 5. The van der Waals surface area contributed by atoms with Crippen LogP contribution in [0.2, 0.25) is 0 Å². The number of hydrogen-bond acceptors (Lipinski definition) is 3. The maximum Gasteiger partial charge on any atom is 0.333 e. The lowest BCUT2D eigenvalue weighted by Gasteiger charge is -2.08. The number of carbonyl (C=O) groups is 1. The highest BCUT2D eigenvalue weighted by Gasteiger charge is 2.13. The van der Waals surface area contributed by atoms with Gasteiger partial charge in [0.2, 0.25) is 0 Å². The zero-order valence-corrected chi connectivity index (χ0v) is 10.4. The number of aliphatic hydroxyl groups is 1. The van der Waals surface area contributed by atoms with E-state index in [9.17, 15) is 9.90 Å². The minimum Gasteiger partial charge on any atom is -1.00 e. The molecule has 1 rings (SSSR count). The fourth-order valence-electron chi connectivity index (χ4n) is 1.15. The van der Waals surface area contributed by atoms with Crippen LogP contribution in [0.1, 0.15) is 6.92 Å². The molecule has 17 heavy (non-hydrogen) atoms. The van der Waals surface area contributed by atoms with Gasteiger partial charge in [-0.05, 0) is 6.92 Å². The van der Waals surface area contributed by atoms with Gasteiger partial charge in [-0.15, -0.1) is 0 Å². The molecule has 1 atom stereocenters. The Morgan fingerprint density at radius 3 is 2.53 bits per heavy atom. The van der Waals surface area contributed by atoms with Crippen molar-refractivity contribution in [2.45, 2.75) is 19.6 Å². The van der Waals surface area contributed by atoms with Gasteiger partial charge in [-0.1, -0.05) is 12.6 Å². The van der Waals surface area contributed by atoms with Crippen molar-refractivity contribution in [1.82, 2.24) is 0 Å². The van der Waals surface area contributed by atoms with E-state index in [-0.39, 0.29) is 19.0 Å². The van der Waals surface area contributed by atoms with Crippen LogP contribution >= 0.6 is 0 Å². The van der Waals surface area contributed by atoms with Gasteiger partial charge >= 0.3 is 5.97 Å². The van der Waals surface area contributed by atoms with Crippen molar-refractivity contribution in [2.24, 2.45) is 0 Å². The summed E-state index contributed by atoms with van der Waals surface area (Å²) in [5.74, 6) is -0.475. The van der Waals surface area contributed by atoms with E-state index in [1.54, 1.807) is 6.92 Å². The summed E-state index contributed by atoms with van der Waals surface area (Å²) < 4.78 is 6.65. The van der Waals surface area contributed by atoms with Gasteiger partial charge in [0.15, 0.2) is 18.9 Å². The summed E-state index contributed by atoms with van der Waals surface area (Å²) >= 11 is 0. The molecular weight excluding hydrogens is 242 g/mol. The summed E-state index contributed by atoms with van der Waals surface area (Å²) in [6, 6.07) is 5.63. The third-order valence-corrected chi connectivity index (χ3v) is 1.95. The molecule has 1 heterocycles. The van der Waals surface area contributed by atoms with E-state index >= 15 is 0 Å². The highest BCUT2D eigenvalue weighted by molar-refractivity contribution is 5.86. The second kappa shape index (κ2) is 7.81. The van der Waals surface area contributed by atoms with E-state index in [1.807, 2.05) is 35.2 Å². The van der Waals surface area contributed by atoms with Crippen molar-refractivity contribution in [1.29, 1.82) is 0 Å². The summed E-state index contributed by atoms with van der Waals surface area (Å²) in [5, 5.41) is 9.61. The summed E-state index contributed by atoms with van der Waals surface area (Å²) in [4.78, 5) is 11.1. The van der Waals surface area contributed by atoms with Crippen molar-refractivity contribution in [3.05, 3.63) is 42.7 Å². The third-order valence-electron chi connectivity index (χ3n) is 1.95. The molecule has 1 unspecified atom stereocenters. The van der Waals surface area contributed by atoms with Crippen molar-refractivity contribution in [3.8, 4) is 0 Å². The zero-order valence-electron chi connectivity index (χ0n) is 9.67. The molecule has 0 amide bonds. The van der Waals surface area contributed by atoms with E-state index in [0.29, 0.717) is 12.1 Å². The SMILES string of the molecule is C=C(C)C(=O)OCC(O)C[n+]1ccccc1.[Cl-]. The molecule has 0 saturated carbocycles. The Morgan fingerprint density at radius 2 is 2.00 bits per heavy atom. The molecule has 1 aromatic rings. The topological polar surface area (TPSA) is 50.4 Å². The molecule has 0 bridgehead atoms. The summed E-state index contributed by atoms with van der Waals surface area (Å²) in [7, 11) is 0. The molecule has 0 spiro atoms. The second-order valence-electron chi connectivity index (χ2n) is 3.60. The Labute approximate surface area is 107 Å². The van der Waals surface area contributed by atoms with Crippen LogP contribution in [-0.2, 0) is 16.1 Å². The number of pyridine rings is 1. The summed E-state index contributed by atoms with van der Waals surface area (Å²) in [5.41, 5.74) is 0.333. The smallest absolute Gasteiger partial charge is 0.333 e. The average molecular weight is 258 g/mol. The monoisotopic (exact) mass is 257 g/mol. The Morgan fingerprint density at radius 1 is 1.41 bits per heavy atom. The fraction of sp³-hybridized carbons (Fsp3) is 0.333. The van der Waals surface area contributed by atoms with Crippen LogP contribution in [0.3, 0.4) is 0 Å². The lowest BCUT2D eigenvalue weighted by Crippen LogP contribution is -3.00. The molecule has 0 aliphatic carbocycles. The van der Waals surface area contributed by atoms with E-state index in [2.05, 4.69) is 6.58 Å². The van der Waals surface area contributed by atoms with Gasteiger partial charge in [-0.2, -0.15) is 0 Å². The number of aliphatic hydroxyl groups excluding tert-OH is 1. The molecular formula is C12H16ClNO3. The number of nitrogens with zero attached hydrogens (tertiary/aromatic N) is 1. The van der Waals surface area contributed by atoms with E-state index in [0.717, 1.165) is 0 Å². The number of ether oxygens (including phenoxy) is 1. The quantitative estimate of drug-likeness (QED) is 0.359. The van der Waals surface area contributed by atoms with E-state index in [4.69, 9.17) is 4.74 Å². The maximum absolute atomic E-state index is 11.1. The second-order valence-corrected chi connectivity index (χ2v) is 3.60. The lowest BCUT2D eigenvalue weighted by atomic mass is 10.3.